The van der Waals surface area contributed by atoms with Crippen molar-refractivity contribution in [2.45, 2.75) is 50.3 Å². The topological polar surface area (TPSA) is 49.3 Å². The van der Waals surface area contributed by atoms with Gasteiger partial charge in [0.05, 0.1) is 4.75 Å². The molecule has 0 saturated carbocycles. The van der Waals surface area contributed by atoms with Crippen molar-refractivity contribution in [1.29, 1.82) is 0 Å². The third-order valence-electron chi connectivity index (χ3n) is 2.89. The quantitative estimate of drug-likeness (QED) is 0.772. The molecule has 0 radical (unpaired) electrons. The summed E-state index contributed by atoms with van der Waals surface area (Å²) in [6, 6.07) is 0. The summed E-state index contributed by atoms with van der Waals surface area (Å²) in [6.45, 7) is 6.01. The van der Waals surface area contributed by atoms with Crippen molar-refractivity contribution < 1.29 is 9.90 Å². The Balaban J connectivity index is 2.54. The molecule has 1 heterocycles. The van der Waals surface area contributed by atoms with E-state index in [-0.39, 0.29) is 22.8 Å². The fourth-order valence-electron chi connectivity index (χ4n) is 1.74. The van der Waals surface area contributed by atoms with Crippen LogP contribution in [0.5, 0.6) is 0 Å². The minimum Gasteiger partial charge on any atom is -0.396 e. The van der Waals surface area contributed by atoms with Crippen LogP contribution in [0.1, 0.15) is 40.0 Å². The molecular formula is C11H21NO2S. The summed E-state index contributed by atoms with van der Waals surface area (Å²) < 4.78 is -0.257. The molecule has 0 bridgehead atoms. The number of rotatable bonds is 4. The highest BCUT2D eigenvalue weighted by Gasteiger charge is 2.39. The molecule has 15 heavy (non-hydrogen) atoms. The Bertz CT molecular complexity index is 235. The second-order valence-corrected chi connectivity index (χ2v) is 6.59. The van der Waals surface area contributed by atoms with E-state index in [2.05, 4.69) is 5.32 Å². The highest BCUT2D eigenvalue weighted by molar-refractivity contribution is 8.01. The van der Waals surface area contributed by atoms with Gasteiger partial charge in [-0.15, -0.1) is 11.8 Å². The molecule has 3 nitrogen and oxygen atoms in total. The predicted octanol–water partition coefficient (Wildman–Crippen LogP) is 1.55. The van der Waals surface area contributed by atoms with Gasteiger partial charge in [-0.25, -0.2) is 0 Å². The molecule has 4 heteroatoms. The summed E-state index contributed by atoms with van der Waals surface area (Å²) in [6.07, 6.45) is 2.67. The van der Waals surface area contributed by atoms with Gasteiger partial charge >= 0.3 is 0 Å². The number of hydrogen-bond acceptors (Lipinski definition) is 3. The molecule has 1 amide bonds. The number of amides is 1. The number of carbonyl (C=O) groups excluding carboxylic acids is 1. The number of carbonyl (C=O) groups is 1. The average molecular weight is 231 g/mol. The second kappa shape index (κ2) is 4.74. The molecule has 0 aromatic carbocycles. The van der Waals surface area contributed by atoms with E-state index in [1.807, 2.05) is 20.8 Å². The van der Waals surface area contributed by atoms with E-state index in [1.165, 1.54) is 0 Å². The maximum atomic E-state index is 12.0. The summed E-state index contributed by atoms with van der Waals surface area (Å²) in [5.41, 5.74) is -0.308. The van der Waals surface area contributed by atoms with Crippen molar-refractivity contribution in [2.75, 3.05) is 12.4 Å². The van der Waals surface area contributed by atoms with Crippen LogP contribution >= 0.6 is 11.8 Å². The van der Waals surface area contributed by atoms with E-state index in [9.17, 15) is 4.79 Å². The molecule has 1 rings (SSSR count). The van der Waals surface area contributed by atoms with Gasteiger partial charge in [-0.2, -0.15) is 0 Å². The minimum atomic E-state index is -0.308. The van der Waals surface area contributed by atoms with Crippen molar-refractivity contribution in [3.05, 3.63) is 0 Å². The van der Waals surface area contributed by atoms with Crippen LogP contribution in [0.4, 0.5) is 0 Å². The van der Waals surface area contributed by atoms with E-state index in [0.29, 0.717) is 6.42 Å². The van der Waals surface area contributed by atoms with Crippen molar-refractivity contribution in [3.63, 3.8) is 0 Å². The van der Waals surface area contributed by atoms with E-state index >= 15 is 0 Å². The molecule has 0 spiro atoms. The summed E-state index contributed by atoms with van der Waals surface area (Å²) >= 11 is 1.74. The number of thioether (sulfide) groups is 1. The van der Waals surface area contributed by atoms with Gasteiger partial charge in [0.2, 0.25) is 5.91 Å². The molecule has 0 aromatic heterocycles. The summed E-state index contributed by atoms with van der Waals surface area (Å²) in [5.74, 6) is 1.19. The lowest BCUT2D eigenvalue weighted by Crippen LogP contribution is -2.51. The lowest BCUT2D eigenvalue weighted by Gasteiger charge is -2.31. The van der Waals surface area contributed by atoms with Gasteiger partial charge in [-0.1, -0.05) is 0 Å². The Kier molecular flexibility index (Phi) is 4.06. The highest BCUT2D eigenvalue weighted by atomic mass is 32.2. The zero-order chi connectivity index (χ0) is 11.5. The molecule has 1 fully saturated rings. The standard InChI is InChI=1S/C11H21NO2S/c1-10(2,6-7-13)12-9(14)11(3)5-4-8-15-11/h13H,4-8H2,1-3H3,(H,12,14). The van der Waals surface area contributed by atoms with Gasteiger partial charge in [0, 0.05) is 12.1 Å². The summed E-state index contributed by atoms with van der Waals surface area (Å²) in [4.78, 5) is 12.0. The summed E-state index contributed by atoms with van der Waals surface area (Å²) in [5, 5.41) is 11.9. The molecule has 0 aromatic rings. The van der Waals surface area contributed by atoms with Gasteiger partial charge in [-0.05, 0) is 45.8 Å². The summed E-state index contributed by atoms with van der Waals surface area (Å²) in [7, 11) is 0. The van der Waals surface area contributed by atoms with Crippen LogP contribution < -0.4 is 5.32 Å². The predicted molar refractivity (Wildman–Crippen MR) is 64.0 cm³/mol. The molecule has 1 unspecified atom stereocenters. The van der Waals surface area contributed by atoms with Gasteiger partial charge in [0.15, 0.2) is 0 Å². The van der Waals surface area contributed by atoms with E-state index in [4.69, 9.17) is 5.11 Å². The van der Waals surface area contributed by atoms with Crippen LogP contribution in [0.15, 0.2) is 0 Å². The maximum Gasteiger partial charge on any atom is 0.236 e. The Morgan fingerprint density at radius 1 is 1.60 bits per heavy atom. The zero-order valence-corrected chi connectivity index (χ0v) is 10.6. The number of aliphatic hydroxyl groups excluding tert-OH is 1. The van der Waals surface area contributed by atoms with Gasteiger partial charge in [-0.3, -0.25) is 4.79 Å². The Morgan fingerprint density at radius 3 is 2.73 bits per heavy atom. The third-order valence-corrected chi connectivity index (χ3v) is 4.41. The Labute approximate surface area is 96.0 Å². The van der Waals surface area contributed by atoms with Crippen LogP contribution in [0, 0.1) is 0 Å². The third kappa shape index (κ3) is 3.38. The molecule has 88 valence electrons. The first-order valence-electron chi connectivity index (χ1n) is 5.47. The largest absolute Gasteiger partial charge is 0.396 e. The zero-order valence-electron chi connectivity index (χ0n) is 9.80. The Morgan fingerprint density at radius 2 is 2.27 bits per heavy atom. The molecule has 0 aliphatic carbocycles. The molecule has 1 aliphatic heterocycles. The lowest BCUT2D eigenvalue weighted by molar-refractivity contribution is -0.124. The van der Waals surface area contributed by atoms with Crippen LogP contribution in [-0.4, -0.2) is 33.7 Å². The molecule has 1 atom stereocenters. The fraction of sp³-hybridized carbons (Fsp3) is 0.909. The monoisotopic (exact) mass is 231 g/mol. The van der Waals surface area contributed by atoms with Crippen molar-refractivity contribution in [1.82, 2.24) is 5.32 Å². The van der Waals surface area contributed by atoms with Crippen molar-refractivity contribution in [2.24, 2.45) is 0 Å². The van der Waals surface area contributed by atoms with Crippen molar-refractivity contribution >= 4 is 17.7 Å². The van der Waals surface area contributed by atoms with Crippen LogP contribution in [0.25, 0.3) is 0 Å². The Hall–Kier alpha value is -0.220. The fourth-order valence-corrected chi connectivity index (χ4v) is 2.95. The van der Waals surface area contributed by atoms with Gasteiger partial charge in [0.1, 0.15) is 0 Å². The second-order valence-electron chi connectivity index (χ2n) is 4.99. The van der Waals surface area contributed by atoms with Crippen LogP contribution in [0.3, 0.4) is 0 Å². The number of hydrogen-bond donors (Lipinski definition) is 2. The van der Waals surface area contributed by atoms with Crippen LogP contribution in [0.2, 0.25) is 0 Å². The smallest absolute Gasteiger partial charge is 0.236 e. The first kappa shape index (κ1) is 12.8. The van der Waals surface area contributed by atoms with Gasteiger partial charge in [0.25, 0.3) is 0 Å². The lowest BCUT2D eigenvalue weighted by atomic mass is 9.98. The molecule has 1 saturated heterocycles. The first-order chi connectivity index (χ1) is 6.90. The number of aliphatic hydroxyl groups is 1. The SMILES string of the molecule is CC(C)(CCO)NC(=O)C1(C)CCCS1. The minimum absolute atomic E-state index is 0.108. The van der Waals surface area contributed by atoms with Crippen molar-refractivity contribution in [3.8, 4) is 0 Å². The van der Waals surface area contributed by atoms with E-state index < -0.39 is 0 Å². The maximum absolute atomic E-state index is 12.0. The van der Waals surface area contributed by atoms with E-state index in [0.717, 1.165) is 18.6 Å². The highest BCUT2D eigenvalue weighted by Crippen LogP contribution is 2.38. The van der Waals surface area contributed by atoms with E-state index in [1.54, 1.807) is 11.8 Å². The average Bonchev–Trinajstić information content (AvgIpc) is 2.52. The molecule has 1 aliphatic rings. The normalized spacial score (nSPS) is 26.7. The number of nitrogens with one attached hydrogen (secondary N) is 1. The van der Waals surface area contributed by atoms with Crippen LogP contribution in [-0.2, 0) is 4.79 Å². The molecule has 2 N–H and O–H groups in total. The molecular weight excluding hydrogens is 210 g/mol. The first-order valence-corrected chi connectivity index (χ1v) is 6.46. The van der Waals surface area contributed by atoms with Gasteiger partial charge < -0.3 is 10.4 Å².